The SMILES string of the molecule is C1CCOC1.Cc1ccccn1. The summed E-state index contributed by atoms with van der Waals surface area (Å²) >= 11 is 0. The standard InChI is InChI=1S/C6H7N.C4H8O/c1-6-4-2-3-5-7-6;1-2-4-5-3-1/h2-5H,1H3;1-4H2. The van der Waals surface area contributed by atoms with E-state index in [2.05, 4.69) is 4.98 Å². The van der Waals surface area contributed by atoms with Crippen molar-refractivity contribution in [3.8, 4) is 0 Å². The van der Waals surface area contributed by atoms with Gasteiger partial charge >= 0.3 is 0 Å². The average Bonchev–Trinajstić information content (AvgIpc) is 2.62. The Morgan fingerprint density at radius 1 is 1.25 bits per heavy atom. The lowest BCUT2D eigenvalue weighted by Gasteiger charge is -1.82. The zero-order valence-corrected chi connectivity index (χ0v) is 7.49. The van der Waals surface area contributed by atoms with Crippen LogP contribution < -0.4 is 0 Å². The lowest BCUT2D eigenvalue weighted by atomic mass is 10.4. The Hall–Kier alpha value is -0.890. The molecule has 1 aliphatic rings. The molecule has 1 aromatic heterocycles. The maximum absolute atomic E-state index is 4.94. The van der Waals surface area contributed by atoms with Gasteiger partial charge in [0.15, 0.2) is 0 Å². The molecule has 0 unspecified atom stereocenters. The zero-order valence-electron chi connectivity index (χ0n) is 7.49. The van der Waals surface area contributed by atoms with Crippen molar-refractivity contribution in [3.05, 3.63) is 30.1 Å². The van der Waals surface area contributed by atoms with Gasteiger partial charge in [0.25, 0.3) is 0 Å². The van der Waals surface area contributed by atoms with Gasteiger partial charge in [0, 0.05) is 25.1 Å². The molecule has 1 aliphatic heterocycles. The monoisotopic (exact) mass is 165 g/mol. The molecule has 0 atom stereocenters. The Labute approximate surface area is 73.6 Å². The molecule has 0 N–H and O–H groups in total. The lowest BCUT2D eigenvalue weighted by molar-refractivity contribution is 0.198. The summed E-state index contributed by atoms with van der Waals surface area (Å²) in [6.45, 7) is 3.97. The van der Waals surface area contributed by atoms with Gasteiger partial charge in [-0.05, 0) is 31.9 Å². The van der Waals surface area contributed by atoms with Crippen molar-refractivity contribution in [3.63, 3.8) is 0 Å². The molecule has 2 heteroatoms. The third-order valence-electron chi connectivity index (χ3n) is 1.64. The van der Waals surface area contributed by atoms with E-state index in [0.29, 0.717) is 0 Å². The van der Waals surface area contributed by atoms with Crippen molar-refractivity contribution >= 4 is 0 Å². The molecule has 1 fully saturated rings. The van der Waals surface area contributed by atoms with Gasteiger partial charge in [0.1, 0.15) is 0 Å². The van der Waals surface area contributed by atoms with Crippen molar-refractivity contribution < 1.29 is 4.74 Å². The summed E-state index contributed by atoms with van der Waals surface area (Å²) in [7, 11) is 0. The minimum atomic E-state index is 1.00. The first kappa shape index (κ1) is 9.20. The van der Waals surface area contributed by atoms with E-state index in [1.165, 1.54) is 12.8 Å². The fourth-order valence-corrected chi connectivity index (χ4v) is 0.958. The molecule has 0 spiro atoms. The number of pyridine rings is 1. The van der Waals surface area contributed by atoms with Gasteiger partial charge in [0.05, 0.1) is 0 Å². The first-order chi connectivity index (χ1) is 5.89. The van der Waals surface area contributed by atoms with Gasteiger partial charge in [-0.1, -0.05) is 6.07 Å². The van der Waals surface area contributed by atoms with Crippen LogP contribution >= 0.6 is 0 Å². The number of nitrogens with zero attached hydrogens (tertiary/aromatic N) is 1. The van der Waals surface area contributed by atoms with Crippen LogP contribution in [0.25, 0.3) is 0 Å². The molecule has 2 nitrogen and oxygen atoms in total. The highest BCUT2D eigenvalue weighted by molar-refractivity contribution is 4.99. The maximum Gasteiger partial charge on any atom is 0.0466 e. The van der Waals surface area contributed by atoms with Crippen LogP contribution in [0.3, 0.4) is 0 Å². The number of ether oxygens (including phenoxy) is 1. The molecule has 2 rings (SSSR count). The first-order valence-electron chi connectivity index (χ1n) is 4.35. The molecule has 2 heterocycles. The second-order valence-corrected chi connectivity index (χ2v) is 2.79. The molecule has 1 saturated heterocycles. The number of rotatable bonds is 0. The van der Waals surface area contributed by atoms with Crippen molar-refractivity contribution in [2.24, 2.45) is 0 Å². The summed E-state index contributed by atoms with van der Waals surface area (Å²) in [6.07, 6.45) is 4.34. The van der Waals surface area contributed by atoms with Crippen LogP contribution in [0.1, 0.15) is 18.5 Å². The highest BCUT2D eigenvalue weighted by Crippen LogP contribution is 1.98. The van der Waals surface area contributed by atoms with Crippen molar-refractivity contribution in [1.29, 1.82) is 0 Å². The predicted molar refractivity (Wildman–Crippen MR) is 49.0 cm³/mol. The summed E-state index contributed by atoms with van der Waals surface area (Å²) in [4.78, 5) is 3.98. The molecule has 0 aliphatic carbocycles. The van der Waals surface area contributed by atoms with Gasteiger partial charge in [0.2, 0.25) is 0 Å². The maximum atomic E-state index is 4.94. The van der Waals surface area contributed by atoms with Gasteiger partial charge < -0.3 is 4.74 Å². The van der Waals surface area contributed by atoms with E-state index in [9.17, 15) is 0 Å². The van der Waals surface area contributed by atoms with Crippen molar-refractivity contribution in [1.82, 2.24) is 4.98 Å². The fraction of sp³-hybridized carbons (Fsp3) is 0.500. The molecule has 0 radical (unpaired) electrons. The molecular weight excluding hydrogens is 150 g/mol. The van der Waals surface area contributed by atoms with E-state index in [-0.39, 0.29) is 0 Å². The molecule has 66 valence electrons. The van der Waals surface area contributed by atoms with Gasteiger partial charge in [-0.3, -0.25) is 4.98 Å². The molecule has 0 bridgehead atoms. The minimum Gasteiger partial charge on any atom is -0.381 e. The Bertz CT molecular complexity index is 187. The van der Waals surface area contributed by atoms with Gasteiger partial charge in [-0.2, -0.15) is 0 Å². The molecule has 0 saturated carbocycles. The quantitative estimate of drug-likeness (QED) is 0.588. The number of hydrogen-bond acceptors (Lipinski definition) is 2. The van der Waals surface area contributed by atoms with Crippen LogP contribution in [-0.4, -0.2) is 18.2 Å². The van der Waals surface area contributed by atoms with E-state index in [4.69, 9.17) is 4.74 Å². The highest BCUT2D eigenvalue weighted by atomic mass is 16.5. The van der Waals surface area contributed by atoms with E-state index >= 15 is 0 Å². The van der Waals surface area contributed by atoms with Crippen LogP contribution in [0.2, 0.25) is 0 Å². The van der Waals surface area contributed by atoms with Crippen molar-refractivity contribution in [2.75, 3.05) is 13.2 Å². The van der Waals surface area contributed by atoms with E-state index in [1.54, 1.807) is 6.20 Å². The topological polar surface area (TPSA) is 22.1 Å². The average molecular weight is 165 g/mol. The van der Waals surface area contributed by atoms with E-state index in [0.717, 1.165) is 18.9 Å². The van der Waals surface area contributed by atoms with Crippen LogP contribution in [0.4, 0.5) is 0 Å². The van der Waals surface area contributed by atoms with Crippen LogP contribution in [0.15, 0.2) is 24.4 Å². The van der Waals surface area contributed by atoms with Gasteiger partial charge in [-0.25, -0.2) is 0 Å². The Morgan fingerprint density at radius 2 is 2.00 bits per heavy atom. The molecule has 0 amide bonds. The second kappa shape index (κ2) is 5.72. The van der Waals surface area contributed by atoms with Crippen LogP contribution in [0.5, 0.6) is 0 Å². The third kappa shape index (κ3) is 4.09. The smallest absolute Gasteiger partial charge is 0.0466 e. The Kier molecular flexibility index (Phi) is 4.39. The largest absolute Gasteiger partial charge is 0.381 e. The first-order valence-corrected chi connectivity index (χ1v) is 4.35. The third-order valence-corrected chi connectivity index (χ3v) is 1.64. The Balaban J connectivity index is 0.000000127. The van der Waals surface area contributed by atoms with Crippen LogP contribution in [-0.2, 0) is 4.74 Å². The highest BCUT2D eigenvalue weighted by Gasteiger charge is 1.94. The lowest BCUT2D eigenvalue weighted by Crippen LogP contribution is -1.74. The summed E-state index contributed by atoms with van der Waals surface area (Å²) in [5, 5.41) is 0. The number of hydrogen-bond donors (Lipinski definition) is 0. The number of aryl methyl sites for hydroxylation is 1. The summed E-state index contributed by atoms with van der Waals surface area (Å²) in [6, 6.07) is 5.86. The van der Waals surface area contributed by atoms with Crippen molar-refractivity contribution in [2.45, 2.75) is 19.8 Å². The van der Waals surface area contributed by atoms with E-state index in [1.807, 2.05) is 25.1 Å². The number of aromatic nitrogens is 1. The zero-order chi connectivity index (χ0) is 8.65. The predicted octanol–water partition coefficient (Wildman–Crippen LogP) is 2.19. The Morgan fingerprint density at radius 3 is 2.25 bits per heavy atom. The summed E-state index contributed by atoms with van der Waals surface area (Å²) in [5.41, 5.74) is 1.07. The summed E-state index contributed by atoms with van der Waals surface area (Å²) < 4.78 is 4.94. The summed E-state index contributed by atoms with van der Waals surface area (Å²) in [5.74, 6) is 0. The molecular formula is C10H15NO. The minimum absolute atomic E-state index is 1.00. The van der Waals surface area contributed by atoms with Gasteiger partial charge in [-0.15, -0.1) is 0 Å². The van der Waals surface area contributed by atoms with E-state index < -0.39 is 0 Å². The molecule has 1 aromatic rings. The second-order valence-electron chi connectivity index (χ2n) is 2.79. The fourth-order valence-electron chi connectivity index (χ4n) is 0.958. The molecule has 0 aromatic carbocycles. The van der Waals surface area contributed by atoms with Crippen LogP contribution in [0, 0.1) is 6.92 Å². The normalized spacial score (nSPS) is 15.1. The molecule has 12 heavy (non-hydrogen) atoms.